The maximum absolute atomic E-state index is 12.6. The van der Waals surface area contributed by atoms with Crippen LogP contribution in [0.5, 0.6) is 17.2 Å². The van der Waals surface area contributed by atoms with Crippen molar-refractivity contribution in [2.75, 3.05) is 19.8 Å². The lowest BCUT2D eigenvalue weighted by Crippen LogP contribution is -2.51. The molecule has 0 aliphatic carbocycles. The first-order chi connectivity index (χ1) is 29.8. The van der Waals surface area contributed by atoms with Crippen LogP contribution in [0.1, 0.15) is 101 Å². The van der Waals surface area contributed by atoms with Gasteiger partial charge >= 0.3 is 6.09 Å². The molecular formula is C48H80ClN7O9S2. The summed E-state index contributed by atoms with van der Waals surface area (Å²) in [7, 11) is 0. The van der Waals surface area contributed by atoms with Gasteiger partial charge in [0.1, 0.15) is 48.7 Å². The number of carbonyl (C=O) groups is 5. The minimum Gasteiger partial charge on any atom is -0.491 e. The van der Waals surface area contributed by atoms with E-state index in [0.29, 0.717) is 13.2 Å². The molecule has 0 saturated carbocycles. The summed E-state index contributed by atoms with van der Waals surface area (Å²) in [5.41, 5.74) is 27.3. The molecule has 380 valence electrons. The second kappa shape index (κ2) is 33.6. The van der Waals surface area contributed by atoms with E-state index in [2.05, 4.69) is 16.0 Å². The highest BCUT2D eigenvalue weighted by Crippen LogP contribution is 2.24. The van der Waals surface area contributed by atoms with Gasteiger partial charge in [0, 0.05) is 18.9 Å². The Hall–Kier alpha value is -4.88. The predicted molar refractivity (Wildman–Crippen MR) is 279 cm³/mol. The molecule has 0 fully saturated rings. The second-order valence-electron chi connectivity index (χ2n) is 17.2. The normalized spacial score (nSPS) is 12.5. The Bertz CT molecular complexity index is 1930. The fourth-order valence-electron chi connectivity index (χ4n) is 5.92. The van der Waals surface area contributed by atoms with E-state index in [1.165, 1.54) is 11.1 Å². The summed E-state index contributed by atoms with van der Waals surface area (Å²) in [4.78, 5) is 58.3. The third-order valence-corrected chi connectivity index (χ3v) is 9.17. The van der Waals surface area contributed by atoms with E-state index < -0.39 is 41.5 Å². The summed E-state index contributed by atoms with van der Waals surface area (Å²) in [6, 6.07) is 15.8. The van der Waals surface area contributed by atoms with Crippen molar-refractivity contribution in [3.63, 3.8) is 0 Å². The molecule has 5 atom stereocenters. The molecule has 0 aromatic heterocycles. The lowest BCUT2D eigenvalue weighted by atomic mass is 10.1. The van der Waals surface area contributed by atoms with Gasteiger partial charge < -0.3 is 57.8 Å². The van der Waals surface area contributed by atoms with Gasteiger partial charge in [-0.25, -0.2) is 4.79 Å². The predicted octanol–water partition coefficient (Wildman–Crippen LogP) is 5.80. The number of nitrogens with one attached hydrogen (secondary N) is 3. The molecule has 0 saturated heterocycles. The largest absolute Gasteiger partial charge is 0.491 e. The van der Waals surface area contributed by atoms with E-state index >= 15 is 0 Å². The van der Waals surface area contributed by atoms with Crippen LogP contribution in [-0.4, -0.2) is 85.4 Å². The molecule has 3 aromatic carbocycles. The molecule has 67 heavy (non-hydrogen) atoms. The van der Waals surface area contributed by atoms with Gasteiger partial charge in [-0.05, 0) is 129 Å². The molecule has 0 bridgehead atoms. The number of halogens is 1. The SMILES string of the molecule is Cc1cccc(C)c1OCC(C)N.Cc1cccc(C)c1OCC(C)NC(=O)[C@@H](N)CCC(N)=O.Cc1cccc(C)c1OCC(C)NC(=O)[C@H](CCC(N)=O)NC(=O)OC(C)(C)C.Cl.S.S. The number of hydrogen-bond acceptors (Lipinski definition) is 11. The summed E-state index contributed by atoms with van der Waals surface area (Å²) >= 11 is 0. The first kappa shape index (κ1) is 66.4. The van der Waals surface area contributed by atoms with Crippen LogP contribution in [-0.2, 0) is 23.9 Å². The molecule has 0 radical (unpaired) electrons. The maximum atomic E-state index is 12.6. The molecule has 11 N–H and O–H groups in total. The number of rotatable bonds is 20. The van der Waals surface area contributed by atoms with Crippen molar-refractivity contribution >= 4 is 69.1 Å². The summed E-state index contributed by atoms with van der Waals surface area (Å²) in [5.74, 6) is 0.829. The van der Waals surface area contributed by atoms with Gasteiger partial charge in [-0.2, -0.15) is 27.0 Å². The van der Waals surface area contributed by atoms with E-state index in [4.69, 9.17) is 41.9 Å². The number of hydrogen-bond donors (Lipinski definition) is 7. The molecular weight excluding hydrogens is 918 g/mol. The molecule has 0 spiro atoms. The Morgan fingerprint density at radius 1 is 0.552 bits per heavy atom. The zero-order valence-electron chi connectivity index (χ0n) is 41.4. The number of nitrogens with two attached hydrogens (primary N) is 4. The van der Waals surface area contributed by atoms with Crippen molar-refractivity contribution in [1.29, 1.82) is 0 Å². The number of alkyl carbamates (subject to hydrolysis) is 1. The number of ether oxygens (including phenoxy) is 4. The standard InChI is InChI=1S/C21H33N3O5.C16H25N3O3.C11H17NO.ClH.2H2S/c1-13-8-7-9-14(2)18(13)28-12-15(3)23-19(26)16(10-11-17(22)25)24-20(27)29-21(4,5)6;1-10-5-4-6-11(2)15(10)22-9-12(3)19-16(21)13(17)7-8-14(18)20;1-8-5-4-6-9(2)11(8)13-7-10(3)12;;;/h7-9,15-16H,10-12H2,1-6H3,(H2,22,25)(H,23,26)(H,24,27);4-6,12-13H,7-9,17H2,1-3H3,(H2,18,20)(H,19,21);4-6,10H,7,12H2,1-3H3;1H;2*1H2/t15?,16-;12?,13-;;;;/m00..../s1. The van der Waals surface area contributed by atoms with Crippen LogP contribution in [0.3, 0.4) is 0 Å². The van der Waals surface area contributed by atoms with E-state index in [9.17, 15) is 24.0 Å². The topological polar surface area (TPSA) is 262 Å². The number of para-hydroxylation sites is 3. The van der Waals surface area contributed by atoms with Crippen molar-refractivity contribution in [1.82, 2.24) is 16.0 Å². The molecule has 0 aliphatic heterocycles. The molecule has 3 aromatic rings. The Labute approximate surface area is 418 Å². The van der Waals surface area contributed by atoms with Crippen LogP contribution in [0.25, 0.3) is 0 Å². The van der Waals surface area contributed by atoms with Crippen LogP contribution in [0.2, 0.25) is 0 Å². The second-order valence-corrected chi connectivity index (χ2v) is 17.2. The van der Waals surface area contributed by atoms with Gasteiger partial charge in [0.2, 0.25) is 23.6 Å². The number of aryl methyl sites for hydroxylation is 6. The molecule has 5 amide bonds. The summed E-state index contributed by atoms with van der Waals surface area (Å²) in [5, 5.41) is 8.07. The summed E-state index contributed by atoms with van der Waals surface area (Å²) in [6.45, 7) is 23.9. The molecule has 3 unspecified atom stereocenters. The fourth-order valence-corrected chi connectivity index (χ4v) is 5.92. The lowest BCUT2D eigenvalue weighted by Gasteiger charge is -2.24. The van der Waals surface area contributed by atoms with Crippen molar-refractivity contribution in [3.05, 3.63) is 88.0 Å². The van der Waals surface area contributed by atoms with Crippen LogP contribution < -0.4 is 53.1 Å². The summed E-state index contributed by atoms with van der Waals surface area (Å²) in [6.07, 6.45) is -0.360. The minimum absolute atomic E-state index is 0. The average molecular weight is 999 g/mol. The molecule has 19 heteroatoms. The van der Waals surface area contributed by atoms with Crippen molar-refractivity contribution in [2.24, 2.45) is 22.9 Å². The molecule has 0 heterocycles. The highest BCUT2D eigenvalue weighted by atomic mass is 35.5. The molecule has 16 nitrogen and oxygen atoms in total. The van der Waals surface area contributed by atoms with Gasteiger partial charge in [0.15, 0.2) is 0 Å². The quantitative estimate of drug-likeness (QED) is 0.0711. The van der Waals surface area contributed by atoms with Gasteiger partial charge in [-0.15, -0.1) is 12.4 Å². The number of benzene rings is 3. The smallest absolute Gasteiger partial charge is 0.408 e. The van der Waals surface area contributed by atoms with Crippen LogP contribution in [0.15, 0.2) is 54.6 Å². The van der Waals surface area contributed by atoms with E-state index in [1.807, 2.05) is 110 Å². The summed E-state index contributed by atoms with van der Waals surface area (Å²) < 4.78 is 22.4. The van der Waals surface area contributed by atoms with Crippen LogP contribution >= 0.6 is 39.4 Å². The third-order valence-electron chi connectivity index (χ3n) is 9.17. The van der Waals surface area contributed by atoms with Gasteiger partial charge in [-0.1, -0.05) is 54.6 Å². The Morgan fingerprint density at radius 3 is 1.21 bits per heavy atom. The molecule has 0 aliphatic rings. The lowest BCUT2D eigenvalue weighted by molar-refractivity contribution is -0.125. The third kappa shape index (κ3) is 28.1. The van der Waals surface area contributed by atoms with Crippen molar-refractivity contribution < 1.29 is 42.9 Å². The fraction of sp³-hybridized carbons (Fsp3) is 0.521. The minimum atomic E-state index is -0.944. The first-order valence-electron chi connectivity index (χ1n) is 21.6. The van der Waals surface area contributed by atoms with Gasteiger partial charge in [-0.3, -0.25) is 19.2 Å². The van der Waals surface area contributed by atoms with E-state index in [1.54, 1.807) is 27.7 Å². The van der Waals surface area contributed by atoms with Gasteiger partial charge in [0.25, 0.3) is 0 Å². The number of carbonyl (C=O) groups excluding carboxylic acids is 5. The Morgan fingerprint density at radius 2 is 0.881 bits per heavy atom. The van der Waals surface area contributed by atoms with Crippen molar-refractivity contribution in [3.8, 4) is 17.2 Å². The van der Waals surface area contributed by atoms with Gasteiger partial charge in [0.05, 0.1) is 18.1 Å². The van der Waals surface area contributed by atoms with E-state index in [0.717, 1.165) is 39.5 Å². The zero-order valence-corrected chi connectivity index (χ0v) is 44.2. The number of primary amides is 2. The highest BCUT2D eigenvalue weighted by Gasteiger charge is 2.26. The highest BCUT2D eigenvalue weighted by molar-refractivity contribution is 7.59. The zero-order chi connectivity index (χ0) is 48.7. The van der Waals surface area contributed by atoms with Crippen molar-refractivity contribution in [2.45, 2.75) is 145 Å². The average Bonchev–Trinajstić information content (AvgIpc) is 3.17. The Kier molecular flexibility index (Phi) is 33.3. The monoisotopic (exact) mass is 998 g/mol. The van der Waals surface area contributed by atoms with Crippen LogP contribution in [0, 0.1) is 41.5 Å². The van der Waals surface area contributed by atoms with E-state index in [-0.39, 0.29) is 95.7 Å². The van der Waals surface area contributed by atoms with Crippen LogP contribution in [0.4, 0.5) is 4.79 Å². The number of amides is 5. The Balaban J connectivity index is -0.000000955. The first-order valence-corrected chi connectivity index (χ1v) is 21.6. The molecule has 3 rings (SSSR count). The maximum Gasteiger partial charge on any atom is 0.408 e.